The van der Waals surface area contributed by atoms with E-state index < -0.39 is 10.1 Å². The molecule has 0 saturated carbocycles. The van der Waals surface area contributed by atoms with Crippen molar-refractivity contribution < 1.29 is 12.7 Å². The number of rotatable bonds is 3. The minimum absolute atomic E-state index is 0.00455. The third-order valence-electron chi connectivity index (χ3n) is 1.28. The van der Waals surface area contributed by atoms with Crippen LogP contribution in [0.4, 0.5) is 0 Å². The van der Waals surface area contributed by atoms with Crippen LogP contribution < -0.4 is 0 Å². The highest BCUT2D eigenvalue weighted by Crippen LogP contribution is 2.10. The van der Waals surface area contributed by atoms with Crippen molar-refractivity contribution >= 4 is 16.3 Å². The summed E-state index contributed by atoms with van der Waals surface area (Å²) in [5.41, 5.74) is 0. The molecule has 0 spiro atoms. The van der Waals surface area contributed by atoms with Gasteiger partial charge in [-0.25, -0.2) is 0 Å². The molecule has 0 heterocycles. The molecule has 0 amide bonds. The Morgan fingerprint density at radius 1 is 1.36 bits per heavy atom. The van der Waals surface area contributed by atoms with Gasteiger partial charge in [0.1, 0.15) is 17.2 Å². The van der Waals surface area contributed by atoms with Gasteiger partial charge >= 0.3 is 10.1 Å². The van der Waals surface area contributed by atoms with Gasteiger partial charge in [0.2, 0.25) is 0 Å². The number of hydrogen-bond acceptors (Lipinski definition) is 5. The normalized spacial score (nSPS) is 11.1. The van der Waals surface area contributed by atoms with E-state index in [1.807, 2.05) is 0 Å². The van der Waals surface area contributed by atoms with Crippen LogP contribution in [0.3, 0.4) is 0 Å². The lowest BCUT2D eigenvalue weighted by Crippen LogP contribution is -2.01. The lowest BCUT2D eigenvalue weighted by Gasteiger charge is -1.98. The van der Waals surface area contributed by atoms with Crippen LogP contribution >= 0.6 is 0 Å². The van der Waals surface area contributed by atoms with E-state index >= 15 is 0 Å². The van der Waals surface area contributed by atoms with Gasteiger partial charge in [0.15, 0.2) is 0 Å². The molecule has 6 heteroatoms. The van der Waals surface area contributed by atoms with Crippen molar-refractivity contribution in [1.29, 1.82) is 5.26 Å². The van der Waals surface area contributed by atoms with Crippen LogP contribution in [0.2, 0.25) is 0 Å². The first-order valence-electron chi connectivity index (χ1n) is 3.57. The Bertz CT molecular complexity index is 459. The Hall–Kier alpha value is -1.87. The lowest BCUT2D eigenvalue weighted by molar-refractivity contribution is 0.341. The van der Waals surface area contributed by atoms with E-state index in [0.29, 0.717) is 6.21 Å². The smallest absolute Gasteiger partial charge is 0.264 e. The van der Waals surface area contributed by atoms with Crippen LogP contribution in [-0.4, -0.2) is 14.6 Å². The average molecular weight is 210 g/mol. The predicted molar refractivity (Wildman–Crippen MR) is 48.8 cm³/mol. The Morgan fingerprint density at radius 2 is 2.00 bits per heavy atom. The molecule has 0 aliphatic carbocycles. The third kappa shape index (κ3) is 2.57. The van der Waals surface area contributed by atoms with Crippen LogP contribution in [0.1, 0.15) is 0 Å². The molecule has 72 valence electrons. The first-order chi connectivity index (χ1) is 6.67. The van der Waals surface area contributed by atoms with E-state index in [-0.39, 0.29) is 4.90 Å². The molecule has 1 rings (SSSR count). The van der Waals surface area contributed by atoms with Crippen molar-refractivity contribution in [3.63, 3.8) is 0 Å². The van der Waals surface area contributed by atoms with Gasteiger partial charge in [0.25, 0.3) is 0 Å². The zero-order chi connectivity index (χ0) is 10.4. The van der Waals surface area contributed by atoms with Crippen LogP contribution in [0.5, 0.6) is 0 Å². The highest BCUT2D eigenvalue weighted by molar-refractivity contribution is 7.86. The fourth-order valence-corrected chi connectivity index (χ4v) is 1.46. The van der Waals surface area contributed by atoms with E-state index in [4.69, 9.17) is 5.26 Å². The molecule has 0 aliphatic rings. The van der Waals surface area contributed by atoms with Crippen molar-refractivity contribution in [1.82, 2.24) is 0 Å². The van der Waals surface area contributed by atoms with Crippen LogP contribution in [0.25, 0.3) is 0 Å². The highest BCUT2D eigenvalue weighted by Gasteiger charge is 2.13. The predicted octanol–water partition coefficient (Wildman–Crippen LogP) is 0.901. The summed E-state index contributed by atoms with van der Waals surface area (Å²) in [5.74, 6) is 0. The van der Waals surface area contributed by atoms with Gasteiger partial charge in [0, 0.05) is 0 Å². The quantitative estimate of drug-likeness (QED) is 0.548. The molecule has 1 aromatic carbocycles. The standard InChI is InChI=1S/C8H6N2O3S/c9-6-7-10-13-14(11,12)8-4-2-1-3-5-8/h1-5,7H/b10-7+. The minimum Gasteiger partial charge on any atom is -0.264 e. The number of oxime groups is 1. The molecule has 0 N–H and O–H groups in total. The van der Waals surface area contributed by atoms with Crippen molar-refractivity contribution in [2.45, 2.75) is 4.90 Å². The molecular weight excluding hydrogens is 204 g/mol. The molecular formula is C8H6N2O3S. The summed E-state index contributed by atoms with van der Waals surface area (Å²) in [6.07, 6.45) is 0.695. The lowest BCUT2D eigenvalue weighted by atomic mass is 10.4. The third-order valence-corrected chi connectivity index (χ3v) is 2.42. The Balaban J connectivity index is 2.89. The summed E-state index contributed by atoms with van der Waals surface area (Å²) in [6.45, 7) is 0. The van der Waals surface area contributed by atoms with Crippen LogP contribution in [0.15, 0.2) is 40.4 Å². The molecule has 0 bridgehead atoms. The second kappa shape index (κ2) is 4.39. The van der Waals surface area contributed by atoms with E-state index in [9.17, 15) is 8.42 Å². The second-order valence-electron chi connectivity index (χ2n) is 2.21. The van der Waals surface area contributed by atoms with E-state index in [1.54, 1.807) is 18.2 Å². The summed E-state index contributed by atoms with van der Waals surface area (Å²) >= 11 is 0. The summed E-state index contributed by atoms with van der Waals surface area (Å²) in [4.78, 5) is -0.00455. The monoisotopic (exact) mass is 210 g/mol. The largest absolute Gasteiger partial charge is 0.358 e. The number of hydrogen-bond donors (Lipinski definition) is 0. The van der Waals surface area contributed by atoms with Gasteiger partial charge in [-0.2, -0.15) is 13.7 Å². The fraction of sp³-hybridized carbons (Fsp3) is 0. The van der Waals surface area contributed by atoms with Gasteiger partial charge in [0.05, 0.1) is 0 Å². The van der Waals surface area contributed by atoms with E-state index in [0.717, 1.165) is 0 Å². The molecule has 0 aromatic heterocycles. The first-order valence-corrected chi connectivity index (χ1v) is 4.98. The summed E-state index contributed by atoms with van der Waals surface area (Å²) < 4.78 is 26.7. The molecule has 0 radical (unpaired) electrons. The van der Waals surface area contributed by atoms with Gasteiger partial charge in [-0.05, 0) is 12.1 Å². The second-order valence-corrected chi connectivity index (χ2v) is 3.73. The first kappa shape index (κ1) is 10.2. The van der Waals surface area contributed by atoms with Gasteiger partial charge in [-0.15, -0.1) is 0 Å². The molecule has 0 aliphatic heterocycles. The minimum atomic E-state index is -3.88. The molecule has 0 atom stereocenters. The molecule has 0 fully saturated rings. The Kier molecular flexibility index (Phi) is 3.20. The van der Waals surface area contributed by atoms with Crippen molar-refractivity contribution in [3.8, 4) is 6.07 Å². The molecule has 1 aromatic rings. The zero-order valence-corrected chi connectivity index (χ0v) is 7.81. The molecule has 5 nitrogen and oxygen atoms in total. The maximum Gasteiger partial charge on any atom is 0.358 e. The van der Waals surface area contributed by atoms with Crippen LogP contribution in [-0.2, 0) is 14.4 Å². The van der Waals surface area contributed by atoms with Crippen molar-refractivity contribution in [2.75, 3.05) is 0 Å². The average Bonchev–Trinajstić information content (AvgIpc) is 2.19. The fourth-order valence-electron chi connectivity index (χ4n) is 0.732. The number of nitrogens with zero attached hydrogens (tertiary/aromatic N) is 2. The summed E-state index contributed by atoms with van der Waals surface area (Å²) in [7, 11) is -3.88. The van der Waals surface area contributed by atoms with Gasteiger partial charge in [-0.3, -0.25) is 4.28 Å². The number of benzene rings is 1. The summed E-state index contributed by atoms with van der Waals surface area (Å²) in [6, 6.07) is 9.05. The van der Waals surface area contributed by atoms with Crippen LogP contribution in [0, 0.1) is 11.3 Å². The summed E-state index contributed by atoms with van der Waals surface area (Å²) in [5, 5.41) is 11.0. The Morgan fingerprint density at radius 3 is 2.57 bits per heavy atom. The molecule has 14 heavy (non-hydrogen) atoms. The molecule has 0 unspecified atom stereocenters. The van der Waals surface area contributed by atoms with E-state index in [2.05, 4.69) is 9.44 Å². The number of nitriles is 1. The SMILES string of the molecule is N#C/C=N/OS(=O)(=O)c1ccccc1. The highest BCUT2D eigenvalue weighted by atomic mass is 32.2. The maximum absolute atomic E-state index is 11.3. The maximum atomic E-state index is 11.3. The zero-order valence-electron chi connectivity index (χ0n) is 6.99. The topological polar surface area (TPSA) is 79.5 Å². The molecule has 0 saturated heterocycles. The Labute approximate surface area is 81.4 Å². The van der Waals surface area contributed by atoms with Gasteiger partial charge in [-0.1, -0.05) is 23.4 Å². The van der Waals surface area contributed by atoms with Gasteiger partial charge < -0.3 is 0 Å². The van der Waals surface area contributed by atoms with Crippen molar-refractivity contribution in [3.05, 3.63) is 30.3 Å². The van der Waals surface area contributed by atoms with E-state index in [1.165, 1.54) is 18.2 Å². The van der Waals surface area contributed by atoms with Crippen molar-refractivity contribution in [2.24, 2.45) is 5.16 Å².